The van der Waals surface area contributed by atoms with E-state index < -0.39 is 5.82 Å². The van der Waals surface area contributed by atoms with Crippen LogP contribution in [0.3, 0.4) is 0 Å². The van der Waals surface area contributed by atoms with E-state index in [9.17, 15) is 14.3 Å². The molecule has 3 N–H and O–H groups in total. The van der Waals surface area contributed by atoms with Gasteiger partial charge in [-0.15, -0.1) is 0 Å². The topological polar surface area (TPSA) is 86.2 Å². The monoisotopic (exact) mass is 388 g/mol. The number of hydrogen-bond acceptors (Lipinski definition) is 4. The third-order valence-electron chi connectivity index (χ3n) is 3.74. The lowest BCUT2D eigenvalue weighted by Gasteiger charge is -2.22. The minimum absolute atomic E-state index is 0.0677. The fourth-order valence-corrected chi connectivity index (χ4v) is 2.32. The number of phenolic OH excluding ortho intramolecular Hbond substituents is 1. The van der Waals surface area contributed by atoms with Crippen LogP contribution >= 0.6 is 0 Å². The molecule has 2 rings (SSSR count). The van der Waals surface area contributed by atoms with E-state index in [4.69, 9.17) is 4.74 Å². The molecular weight excluding hydrogens is 363 g/mol. The van der Waals surface area contributed by atoms with E-state index in [2.05, 4.69) is 15.6 Å². The maximum atomic E-state index is 13.6. The number of benzene rings is 2. The Morgan fingerprint density at radius 3 is 2.61 bits per heavy atom. The molecule has 0 spiro atoms. The molecule has 0 radical (unpaired) electrons. The first kappa shape index (κ1) is 21.0. The number of aromatic hydroxyl groups is 1. The third-order valence-corrected chi connectivity index (χ3v) is 3.74. The normalized spacial score (nSPS) is 11.0. The van der Waals surface area contributed by atoms with Gasteiger partial charge in [0.15, 0.2) is 17.5 Å². The summed E-state index contributed by atoms with van der Waals surface area (Å²) in [6.07, 6.45) is 0. The number of aliphatic imine (C=N–C) groups is 1. The Kier molecular flexibility index (Phi) is 8.08. The standard InChI is InChI=1S/C20H25FN4O3/c1-3-22-20(23-14-19(27)24-15-8-10-16(26)11-9-15)25(2)12-13-28-18-7-5-4-6-17(18)21/h4-11,26H,3,12-14H2,1-2H3,(H,22,23)(H,24,27). The molecule has 8 heteroatoms. The smallest absolute Gasteiger partial charge is 0.246 e. The second-order valence-corrected chi connectivity index (χ2v) is 5.97. The maximum Gasteiger partial charge on any atom is 0.246 e. The van der Waals surface area contributed by atoms with Crippen molar-refractivity contribution in [2.45, 2.75) is 6.92 Å². The predicted octanol–water partition coefficient (Wildman–Crippen LogP) is 2.45. The zero-order chi connectivity index (χ0) is 20.4. The Bertz CT molecular complexity index is 796. The van der Waals surface area contributed by atoms with Crippen LogP contribution in [-0.2, 0) is 4.79 Å². The Labute approximate surface area is 163 Å². The average molecular weight is 388 g/mol. The second-order valence-electron chi connectivity index (χ2n) is 5.97. The highest BCUT2D eigenvalue weighted by Gasteiger charge is 2.09. The van der Waals surface area contributed by atoms with E-state index in [0.29, 0.717) is 24.7 Å². The highest BCUT2D eigenvalue weighted by atomic mass is 19.1. The number of amides is 1. The number of ether oxygens (including phenoxy) is 1. The molecule has 1 amide bonds. The van der Waals surface area contributed by atoms with Gasteiger partial charge in [0.1, 0.15) is 18.9 Å². The summed E-state index contributed by atoms with van der Waals surface area (Å²) in [4.78, 5) is 18.2. The van der Waals surface area contributed by atoms with Crippen molar-refractivity contribution in [3.05, 3.63) is 54.3 Å². The first-order valence-electron chi connectivity index (χ1n) is 8.95. The molecule has 0 fully saturated rings. The molecule has 2 aromatic rings. The number of anilines is 1. The molecule has 0 aliphatic heterocycles. The molecule has 0 aromatic heterocycles. The molecule has 0 aliphatic carbocycles. The van der Waals surface area contributed by atoms with Crippen LogP contribution in [-0.4, -0.2) is 55.2 Å². The molecule has 0 saturated carbocycles. The number of carbonyl (C=O) groups is 1. The van der Waals surface area contributed by atoms with E-state index in [0.717, 1.165) is 0 Å². The van der Waals surface area contributed by atoms with Crippen molar-refractivity contribution in [2.24, 2.45) is 4.99 Å². The first-order chi connectivity index (χ1) is 13.5. The Morgan fingerprint density at radius 2 is 1.93 bits per heavy atom. The van der Waals surface area contributed by atoms with Gasteiger partial charge in [0.2, 0.25) is 5.91 Å². The van der Waals surface area contributed by atoms with Gasteiger partial charge in [0.25, 0.3) is 0 Å². The number of rotatable bonds is 8. The Balaban J connectivity index is 1.86. The fraction of sp³-hybridized carbons (Fsp3) is 0.300. The molecule has 150 valence electrons. The van der Waals surface area contributed by atoms with Gasteiger partial charge in [-0.3, -0.25) is 4.79 Å². The van der Waals surface area contributed by atoms with Gasteiger partial charge >= 0.3 is 0 Å². The van der Waals surface area contributed by atoms with Gasteiger partial charge in [0.05, 0.1) is 6.54 Å². The molecule has 28 heavy (non-hydrogen) atoms. The summed E-state index contributed by atoms with van der Waals surface area (Å²) in [5.41, 5.74) is 0.578. The highest BCUT2D eigenvalue weighted by molar-refractivity contribution is 5.94. The van der Waals surface area contributed by atoms with Crippen LogP contribution in [0.5, 0.6) is 11.5 Å². The number of para-hydroxylation sites is 1. The van der Waals surface area contributed by atoms with E-state index in [1.54, 1.807) is 35.2 Å². The van der Waals surface area contributed by atoms with Crippen molar-refractivity contribution in [2.75, 3.05) is 38.6 Å². The first-order valence-corrected chi connectivity index (χ1v) is 8.95. The lowest BCUT2D eigenvalue weighted by molar-refractivity contribution is -0.114. The van der Waals surface area contributed by atoms with Gasteiger partial charge in [-0.1, -0.05) is 12.1 Å². The quantitative estimate of drug-likeness (QED) is 0.367. The summed E-state index contributed by atoms with van der Waals surface area (Å²) >= 11 is 0. The maximum absolute atomic E-state index is 13.6. The van der Waals surface area contributed by atoms with Gasteiger partial charge < -0.3 is 25.4 Å². The average Bonchev–Trinajstić information content (AvgIpc) is 2.68. The predicted molar refractivity (Wildman–Crippen MR) is 107 cm³/mol. The van der Waals surface area contributed by atoms with Crippen LogP contribution in [0.15, 0.2) is 53.5 Å². The summed E-state index contributed by atoms with van der Waals surface area (Å²) in [6.45, 7) is 3.22. The fourth-order valence-electron chi connectivity index (χ4n) is 2.32. The summed E-state index contributed by atoms with van der Waals surface area (Å²) in [5.74, 6) is 0.185. The van der Waals surface area contributed by atoms with Crippen LogP contribution in [0.25, 0.3) is 0 Å². The number of hydrogen-bond donors (Lipinski definition) is 3. The SMILES string of the molecule is CCNC(=NCC(=O)Nc1ccc(O)cc1)N(C)CCOc1ccccc1F. The number of nitrogens with zero attached hydrogens (tertiary/aromatic N) is 2. The summed E-state index contributed by atoms with van der Waals surface area (Å²) in [6, 6.07) is 12.4. The minimum atomic E-state index is -0.406. The highest BCUT2D eigenvalue weighted by Crippen LogP contribution is 2.15. The second kappa shape index (κ2) is 10.8. The van der Waals surface area contributed by atoms with Crippen LogP contribution in [0, 0.1) is 5.82 Å². The minimum Gasteiger partial charge on any atom is -0.508 e. The van der Waals surface area contributed by atoms with E-state index in [1.165, 1.54) is 18.2 Å². The van der Waals surface area contributed by atoms with Crippen molar-refractivity contribution >= 4 is 17.6 Å². The molecule has 0 heterocycles. The van der Waals surface area contributed by atoms with Crippen molar-refractivity contribution in [3.8, 4) is 11.5 Å². The molecular formula is C20H25FN4O3. The molecule has 0 saturated heterocycles. The number of phenols is 1. The van der Waals surface area contributed by atoms with Gasteiger partial charge in [-0.25, -0.2) is 9.38 Å². The summed E-state index contributed by atoms with van der Waals surface area (Å²) in [7, 11) is 1.81. The van der Waals surface area contributed by atoms with E-state index in [-0.39, 0.29) is 30.6 Å². The molecule has 0 aliphatic rings. The summed E-state index contributed by atoms with van der Waals surface area (Å²) in [5, 5.41) is 15.1. The van der Waals surface area contributed by atoms with E-state index >= 15 is 0 Å². The van der Waals surface area contributed by atoms with Crippen molar-refractivity contribution < 1.29 is 19.0 Å². The molecule has 0 unspecified atom stereocenters. The number of halogens is 1. The van der Waals surface area contributed by atoms with Gasteiger partial charge in [-0.2, -0.15) is 0 Å². The van der Waals surface area contributed by atoms with Crippen molar-refractivity contribution in [1.82, 2.24) is 10.2 Å². The lowest BCUT2D eigenvalue weighted by atomic mass is 10.3. The van der Waals surface area contributed by atoms with E-state index in [1.807, 2.05) is 14.0 Å². The van der Waals surface area contributed by atoms with Crippen LogP contribution < -0.4 is 15.4 Å². The van der Waals surface area contributed by atoms with Crippen LogP contribution in [0.2, 0.25) is 0 Å². The molecule has 7 nitrogen and oxygen atoms in total. The number of likely N-dealkylation sites (N-methyl/N-ethyl adjacent to an activating group) is 1. The number of guanidine groups is 1. The third kappa shape index (κ3) is 6.79. The molecule has 2 aromatic carbocycles. The largest absolute Gasteiger partial charge is 0.508 e. The Morgan fingerprint density at radius 1 is 1.21 bits per heavy atom. The van der Waals surface area contributed by atoms with Crippen molar-refractivity contribution in [3.63, 3.8) is 0 Å². The zero-order valence-corrected chi connectivity index (χ0v) is 16.0. The number of carbonyl (C=O) groups excluding carboxylic acids is 1. The Hall–Kier alpha value is -3.29. The molecule has 0 atom stereocenters. The lowest BCUT2D eigenvalue weighted by Crippen LogP contribution is -2.41. The van der Waals surface area contributed by atoms with Gasteiger partial charge in [0, 0.05) is 19.3 Å². The molecule has 0 bridgehead atoms. The number of nitrogens with one attached hydrogen (secondary N) is 2. The van der Waals surface area contributed by atoms with Crippen LogP contribution in [0.1, 0.15) is 6.92 Å². The zero-order valence-electron chi connectivity index (χ0n) is 16.0. The van der Waals surface area contributed by atoms with Gasteiger partial charge in [-0.05, 0) is 43.3 Å². The van der Waals surface area contributed by atoms with Crippen LogP contribution in [0.4, 0.5) is 10.1 Å². The van der Waals surface area contributed by atoms with Crippen molar-refractivity contribution in [1.29, 1.82) is 0 Å². The summed E-state index contributed by atoms with van der Waals surface area (Å²) < 4.78 is 19.0.